The number of hydrogen-bond acceptors (Lipinski definition) is 3. The Balaban J connectivity index is 1.57. The van der Waals surface area contributed by atoms with Crippen LogP contribution in [0.1, 0.15) is 38.2 Å². The zero-order valence-electron chi connectivity index (χ0n) is 13.3. The van der Waals surface area contributed by atoms with Crippen molar-refractivity contribution < 1.29 is 9.84 Å². The summed E-state index contributed by atoms with van der Waals surface area (Å²) in [6.45, 7) is 6.37. The Kier molecular flexibility index (Phi) is 6.52. The van der Waals surface area contributed by atoms with Gasteiger partial charge in [0, 0.05) is 6.54 Å². The number of aryl methyl sites for hydroxylation is 1. The molecule has 21 heavy (non-hydrogen) atoms. The average molecular weight is 291 g/mol. The van der Waals surface area contributed by atoms with Gasteiger partial charge in [0.2, 0.25) is 0 Å². The van der Waals surface area contributed by atoms with E-state index in [1.165, 1.54) is 31.2 Å². The molecule has 0 radical (unpaired) electrons. The van der Waals surface area contributed by atoms with E-state index in [0.29, 0.717) is 13.2 Å². The van der Waals surface area contributed by atoms with Crippen LogP contribution in [-0.2, 0) is 0 Å². The lowest BCUT2D eigenvalue weighted by atomic mass is 9.83. The molecule has 0 aromatic heterocycles. The molecular weight excluding hydrogens is 262 g/mol. The molecule has 118 valence electrons. The van der Waals surface area contributed by atoms with E-state index in [1.54, 1.807) is 0 Å². The zero-order valence-corrected chi connectivity index (χ0v) is 13.3. The molecule has 1 atom stereocenters. The maximum Gasteiger partial charge on any atom is 0.119 e. The molecule has 1 saturated carbocycles. The van der Waals surface area contributed by atoms with Gasteiger partial charge < -0.3 is 15.2 Å². The predicted molar refractivity (Wildman–Crippen MR) is 86.7 cm³/mol. The number of nitrogens with one attached hydrogen (secondary N) is 1. The maximum absolute atomic E-state index is 9.95. The van der Waals surface area contributed by atoms with Crippen LogP contribution in [0.3, 0.4) is 0 Å². The van der Waals surface area contributed by atoms with Crippen LogP contribution in [0.15, 0.2) is 24.3 Å². The van der Waals surface area contributed by atoms with Gasteiger partial charge in [0.05, 0.1) is 0 Å². The quantitative estimate of drug-likeness (QED) is 0.811. The highest BCUT2D eigenvalue weighted by Crippen LogP contribution is 2.27. The standard InChI is InChI=1S/C18H29NO2/c1-14-3-7-16(8-4-14)11-19-12-17(20)13-21-18-9-5-15(2)6-10-18/h5-6,9-10,14,16-17,19-20H,3-4,7-8,11-13H2,1-2H3. The average Bonchev–Trinajstić information content (AvgIpc) is 2.49. The molecule has 0 bridgehead atoms. The van der Waals surface area contributed by atoms with Crippen molar-refractivity contribution in [3.05, 3.63) is 29.8 Å². The zero-order chi connectivity index (χ0) is 15.1. The lowest BCUT2D eigenvalue weighted by Gasteiger charge is -2.26. The number of ether oxygens (including phenoxy) is 1. The molecule has 0 aliphatic heterocycles. The Labute approximate surface area is 128 Å². The number of rotatable bonds is 7. The summed E-state index contributed by atoms with van der Waals surface area (Å²) in [4.78, 5) is 0. The SMILES string of the molecule is Cc1ccc(OCC(O)CNCC2CCC(C)CC2)cc1. The van der Waals surface area contributed by atoms with Crippen molar-refractivity contribution in [3.8, 4) is 5.75 Å². The van der Waals surface area contributed by atoms with Gasteiger partial charge in [-0.3, -0.25) is 0 Å². The van der Waals surface area contributed by atoms with Crippen molar-refractivity contribution in [2.24, 2.45) is 11.8 Å². The maximum atomic E-state index is 9.95. The molecule has 2 rings (SSSR count). The monoisotopic (exact) mass is 291 g/mol. The first kappa shape index (κ1) is 16.3. The van der Waals surface area contributed by atoms with E-state index in [0.717, 1.165) is 24.1 Å². The molecule has 1 aliphatic carbocycles. The molecule has 1 aromatic carbocycles. The summed E-state index contributed by atoms with van der Waals surface area (Å²) in [5, 5.41) is 13.3. The second kappa shape index (κ2) is 8.40. The van der Waals surface area contributed by atoms with Gasteiger partial charge in [-0.25, -0.2) is 0 Å². The van der Waals surface area contributed by atoms with Gasteiger partial charge in [-0.15, -0.1) is 0 Å². The Morgan fingerprint density at radius 3 is 2.52 bits per heavy atom. The summed E-state index contributed by atoms with van der Waals surface area (Å²) in [6.07, 6.45) is 4.90. The minimum absolute atomic E-state index is 0.345. The van der Waals surface area contributed by atoms with E-state index in [1.807, 2.05) is 24.3 Å². The van der Waals surface area contributed by atoms with E-state index in [-0.39, 0.29) is 0 Å². The summed E-state index contributed by atoms with van der Waals surface area (Å²) < 4.78 is 5.59. The fourth-order valence-electron chi connectivity index (χ4n) is 2.87. The van der Waals surface area contributed by atoms with Gasteiger partial charge in [-0.2, -0.15) is 0 Å². The molecule has 1 unspecified atom stereocenters. The van der Waals surface area contributed by atoms with Crippen molar-refractivity contribution in [2.75, 3.05) is 19.7 Å². The van der Waals surface area contributed by atoms with E-state index in [9.17, 15) is 5.11 Å². The number of aliphatic hydroxyl groups excluding tert-OH is 1. The Bertz CT molecular complexity index is 396. The molecule has 1 aliphatic rings. The largest absolute Gasteiger partial charge is 0.491 e. The molecule has 3 heteroatoms. The first-order valence-corrected chi connectivity index (χ1v) is 8.21. The summed E-state index contributed by atoms with van der Waals surface area (Å²) in [7, 11) is 0. The van der Waals surface area contributed by atoms with E-state index >= 15 is 0 Å². The third kappa shape index (κ3) is 6.06. The number of benzene rings is 1. The van der Waals surface area contributed by atoms with Crippen LogP contribution in [0.25, 0.3) is 0 Å². The van der Waals surface area contributed by atoms with Gasteiger partial charge in [-0.05, 0) is 50.3 Å². The van der Waals surface area contributed by atoms with Crippen LogP contribution in [0.2, 0.25) is 0 Å². The molecule has 1 aromatic rings. The minimum atomic E-state index is -0.450. The Morgan fingerprint density at radius 1 is 1.19 bits per heavy atom. The van der Waals surface area contributed by atoms with Gasteiger partial charge in [0.25, 0.3) is 0 Å². The summed E-state index contributed by atoms with van der Waals surface area (Å²) in [6, 6.07) is 7.92. The van der Waals surface area contributed by atoms with Gasteiger partial charge in [0.1, 0.15) is 18.5 Å². The van der Waals surface area contributed by atoms with Crippen molar-refractivity contribution in [1.82, 2.24) is 5.32 Å². The molecule has 3 nitrogen and oxygen atoms in total. The van der Waals surface area contributed by atoms with Crippen molar-refractivity contribution in [3.63, 3.8) is 0 Å². The Hall–Kier alpha value is -1.06. The van der Waals surface area contributed by atoms with Crippen LogP contribution in [0.4, 0.5) is 0 Å². The third-order valence-corrected chi connectivity index (χ3v) is 4.41. The van der Waals surface area contributed by atoms with E-state index in [4.69, 9.17) is 4.74 Å². The van der Waals surface area contributed by atoms with Gasteiger partial charge in [-0.1, -0.05) is 37.5 Å². The van der Waals surface area contributed by atoms with Crippen molar-refractivity contribution >= 4 is 0 Å². The summed E-state index contributed by atoms with van der Waals surface area (Å²) >= 11 is 0. The second-order valence-corrected chi connectivity index (χ2v) is 6.56. The smallest absolute Gasteiger partial charge is 0.119 e. The Morgan fingerprint density at radius 2 is 1.86 bits per heavy atom. The summed E-state index contributed by atoms with van der Waals surface area (Å²) in [5.74, 6) is 2.50. The molecule has 2 N–H and O–H groups in total. The lowest BCUT2D eigenvalue weighted by Crippen LogP contribution is -2.35. The van der Waals surface area contributed by atoms with Gasteiger partial charge >= 0.3 is 0 Å². The lowest BCUT2D eigenvalue weighted by molar-refractivity contribution is 0.104. The van der Waals surface area contributed by atoms with Crippen molar-refractivity contribution in [2.45, 2.75) is 45.6 Å². The van der Waals surface area contributed by atoms with E-state index in [2.05, 4.69) is 19.2 Å². The normalized spacial score (nSPS) is 23.8. The highest BCUT2D eigenvalue weighted by molar-refractivity contribution is 5.26. The van der Waals surface area contributed by atoms with Gasteiger partial charge in [0.15, 0.2) is 0 Å². The van der Waals surface area contributed by atoms with Crippen LogP contribution in [-0.4, -0.2) is 30.9 Å². The van der Waals surface area contributed by atoms with E-state index < -0.39 is 6.10 Å². The second-order valence-electron chi connectivity index (χ2n) is 6.56. The minimum Gasteiger partial charge on any atom is -0.491 e. The van der Waals surface area contributed by atoms with Crippen LogP contribution < -0.4 is 10.1 Å². The fourth-order valence-corrected chi connectivity index (χ4v) is 2.87. The summed E-state index contributed by atoms with van der Waals surface area (Å²) in [5.41, 5.74) is 1.21. The van der Waals surface area contributed by atoms with Crippen LogP contribution in [0.5, 0.6) is 5.75 Å². The van der Waals surface area contributed by atoms with Crippen molar-refractivity contribution in [1.29, 1.82) is 0 Å². The fraction of sp³-hybridized carbons (Fsp3) is 0.667. The highest BCUT2D eigenvalue weighted by atomic mass is 16.5. The first-order valence-electron chi connectivity index (χ1n) is 8.21. The first-order chi connectivity index (χ1) is 10.1. The molecule has 0 saturated heterocycles. The molecule has 1 fully saturated rings. The topological polar surface area (TPSA) is 41.5 Å². The van der Waals surface area contributed by atoms with Crippen LogP contribution in [0, 0.1) is 18.8 Å². The molecule has 0 spiro atoms. The third-order valence-electron chi connectivity index (χ3n) is 4.41. The number of hydrogen-bond donors (Lipinski definition) is 2. The highest BCUT2D eigenvalue weighted by Gasteiger charge is 2.18. The van der Waals surface area contributed by atoms with Crippen LogP contribution >= 0.6 is 0 Å². The predicted octanol–water partition coefficient (Wildman–Crippen LogP) is 3.15. The molecule has 0 heterocycles. The molecule has 0 amide bonds. The number of aliphatic hydroxyl groups is 1. The molecular formula is C18H29NO2.